The molecule has 0 unspecified atom stereocenters. The molecule has 0 aliphatic rings. The molecule has 3 aromatic carbocycles. The summed E-state index contributed by atoms with van der Waals surface area (Å²) in [7, 11) is 0. The highest BCUT2D eigenvalue weighted by molar-refractivity contribution is 6.21. The van der Waals surface area contributed by atoms with Gasteiger partial charge >= 0.3 is 0 Å². The molecule has 0 N–H and O–H groups in total. The first-order valence-corrected chi connectivity index (χ1v) is 9.18. The van der Waals surface area contributed by atoms with Gasteiger partial charge in [-0.1, -0.05) is 75.4 Å². The predicted octanol–water partition coefficient (Wildman–Crippen LogP) is 6.49. The summed E-state index contributed by atoms with van der Waals surface area (Å²) in [4.78, 5) is 9.02. The first kappa shape index (κ1) is 16.0. The van der Waals surface area contributed by atoms with Gasteiger partial charge in [0.25, 0.3) is 0 Å². The van der Waals surface area contributed by atoms with E-state index >= 15 is 0 Å². The quantitative estimate of drug-likeness (QED) is 0.346. The van der Waals surface area contributed by atoms with Crippen molar-refractivity contribution in [2.45, 2.75) is 26.2 Å². The molecule has 0 aliphatic heterocycles. The third-order valence-electron chi connectivity index (χ3n) is 5.18. The van der Waals surface area contributed by atoms with Gasteiger partial charge in [0, 0.05) is 10.9 Å². The molecule has 0 atom stereocenters. The van der Waals surface area contributed by atoms with Crippen LogP contribution in [0.15, 0.2) is 71.4 Å². The average Bonchev–Trinajstić information content (AvgIpc) is 3.06. The van der Waals surface area contributed by atoms with Gasteiger partial charge in [0.1, 0.15) is 11.9 Å². The van der Waals surface area contributed by atoms with Crippen molar-refractivity contribution in [1.82, 2.24) is 9.97 Å². The number of rotatable bonds is 1. The van der Waals surface area contributed by atoms with Gasteiger partial charge in [-0.15, -0.1) is 0 Å². The molecule has 5 rings (SSSR count). The van der Waals surface area contributed by atoms with Crippen molar-refractivity contribution in [1.29, 1.82) is 0 Å². The van der Waals surface area contributed by atoms with Crippen molar-refractivity contribution in [3.05, 3.63) is 72.6 Å². The molecule has 0 fully saturated rings. The van der Waals surface area contributed by atoms with Crippen molar-refractivity contribution < 1.29 is 4.42 Å². The topological polar surface area (TPSA) is 38.9 Å². The number of hydrogen-bond donors (Lipinski definition) is 0. The highest BCUT2D eigenvalue weighted by atomic mass is 16.3. The lowest BCUT2D eigenvalue weighted by Gasteiger charge is -2.19. The zero-order valence-electron chi connectivity index (χ0n) is 15.7. The Morgan fingerprint density at radius 2 is 1.56 bits per heavy atom. The van der Waals surface area contributed by atoms with Gasteiger partial charge in [-0.05, 0) is 27.8 Å². The van der Waals surface area contributed by atoms with Crippen LogP contribution in [0, 0.1) is 0 Å². The Morgan fingerprint density at radius 3 is 2.33 bits per heavy atom. The SMILES string of the molecule is CC(C)(C)c1ccc(-c2ncnc3oc4ccc5ccccc5c4c23)cc1. The van der Waals surface area contributed by atoms with Crippen LogP contribution in [-0.4, -0.2) is 9.97 Å². The molecule has 0 bridgehead atoms. The summed E-state index contributed by atoms with van der Waals surface area (Å²) in [5.41, 5.74) is 4.89. The molecular formula is C24H20N2O. The maximum atomic E-state index is 6.05. The normalized spacial score (nSPS) is 12.3. The van der Waals surface area contributed by atoms with Gasteiger partial charge in [0.15, 0.2) is 0 Å². The van der Waals surface area contributed by atoms with Gasteiger partial charge in [-0.2, -0.15) is 0 Å². The fourth-order valence-corrected chi connectivity index (χ4v) is 3.72. The molecule has 0 saturated carbocycles. The summed E-state index contributed by atoms with van der Waals surface area (Å²) in [5, 5.41) is 4.41. The molecule has 0 amide bonds. The van der Waals surface area contributed by atoms with Gasteiger partial charge in [0.05, 0.1) is 11.1 Å². The summed E-state index contributed by atoms with van der Waals surface area (Å²) < 4.78 is 6.05. The number of nitrogens with zero attached hydrogens (tertiary/aromatic N) is 2. The molecule has 0 aliphatic carbocycles. The first-order chi connectivity index (χ1) is 13.0. The van der Waals surface area contributed by atoms with Crippen LogP contribution in [0.2, 0.25) is 0 Å². The zero-order chi connectivity index (χ0) is 18.6. The summed E-state index contributed by atoms with van der Waals surface area (Å²) in [5.74, 6) is 0. The highest BCUT2D eigenvalue weighted by Crippen LogP contribution is 2.38. The zero-order valence-corrected chi connectivity index (χ0v) is 15.7. The van der Waals surface area contributed by atoms with E-state index in [1.165, 1.54) is 10.9 Å². The van der Waals surface area contributed by atoms with E-state index in [-0.39, 0.29) is 5.41 Å². The van der Waals surface area contributed by atoms with Crippen LogP contribution in [0.25, 0.3) is 44.1 Å². The van der Waals surface area contributed by atoms with E-state index in [0.717, 1.165) is 33.0 Å². The second-order valence-electron chi connectivity index (χ2n) is 7.99. The second kappa shape index (κ2) is 5.65. The van der Waals surface area contributed by atoms with Crippen LogP contribution in [-0.2, 0) is 5.41 Å². The van der Waals surface area contributed by atoms with Gasteiger partial charge in [0.2, 0.25) is 5.71 Å². The van der Waals surface area contributed by atoms with Crippen molar-refractivity contribution in [3.8, 4) is 11.3 Å². The van der Waals surface area contributed by atoms with E-state index in [1.807, 2.05) is 6.07 Å². The molecule has 0 spiro atoms. The summed E-state index contributed by atoms with van der Waals surface area (Å²) in [6.45, 7) is 6.67. The lowest BCUT2D eigenvalue weighted by Crippen LogP contribution is -2.10. The maximum Gasteiger partial charge on any atom is 0.231 e. The van der Waals surface area contributed by atoms with E-state index < -0.39 is 0 Å². The lowest BCUT2D eigenvalue weighted by molar-refractivity contribution is 0.590. The molecule has 2 aromatic heterocycles. The van der Waals surface area contributed by atoms with Crippen molar-refractivity contribution in [2.24, 2.45) is 0 Å². The average molecular weight is 352 g/mol. The summed E-state index contributed by atoms with van der Waals surface area (Å²) in [6.07, 6.45) is 1.58. The molecule has 132 valence electrons. The van der Waals surface area contributed by atoms with E-state index in [1.54, 1.807) is 6.33 Å². The predicted molar refractivity (Wildman–Crippen MR) is 111 cm³/mol. The number of benzene rings is 3. The minimum Gasteiger partial charge on any atom is -0.438 e. The third-order valence-corrected chi connectivity index (χ3v) is 5.18. The van der Waals surface area contributed by atoms with Gasteiger partial charge in [-0.3, -0.25) is 0 Å². The van der Waals surface area contributed by atoms with E-state index in [2.05, 4.69) is 85.3 Å². The largest absolute Gasteiger partial charge is 0.438 e. The molecule has 0 saturated heterocycles. The van der Waals surface area contributed by atoms with Crippen LogP contribution < -0.4 is 0 Å². The fourth-order valence-electron chi connectivity index (χ4n) is 3.72. The second-order valence-corrected chi connectivity index (χ2v) is 7.99. The smallest absolute Gasteiger partial charge is 0.231 e. The highest BCUT2D eigenvalue weighted by Gasteiger charge is 2.18. The Balaban J connectivity index is 1.84. The van der Waals surface area contributed by atoms with Gasteiger partial charge < -0.3 is 4.42 Å². The van der Waals surface area contributed by atoms with Crippen LogP contribution >= 0.6 is 0 Å². The summed E-state index contributed by atoms with van der Waals surface area (Å²) >= 11 is 0. The number of fused-ring (bicyclic) bond motifs is 5. The van der Waals surface area contributed by atoms with Crippen LogP contribution in [0.1, 0.15) is 26.3 Å². The van der Waals surface area contributed by atoms with Crippen molar-refractivity contribution in [2.75, 3.05) is 0 Å². The Bertz CT molecular complexity index is 1290. The standard InChI is InChI=1S/C24H20N2O/c1-24(2,3)17-11-8-16(9-12-17)22-21-20-18-7-5-4-6-15(18)10-13-19(20)27-23(21)26-14-25-22/h4-14H,1-3H3. The number of aromatic nitrogens is 2. The van der Waals surface area contributed by atoms with E-state index in [9.17, 15) is 0 Å². The third kappa shape index (κ3) is 2.50. The molecule has 27 heavy (non-hydrogen) atoms. The molecule has 5 aromatic rings. The first-order valence-electron chi connectivity index (χ1n) is 9.18. The van der Waals surface area contributed by atoms with Crippen LogP contribution in [0.3, 0.4) is 0 Å². The summed E-state index contributed by atoms with van der Waals surface area (Å²) in [6, 6.07) is 21.1. The van der Waals surface area contributed by atoms with Gasteiger partial charge in [-0.25, -0.2) is 9.97 Å². The van der Waals surface area contributed by atoms with Crippen molar-refractivity contribution >= 4 is 32.8 Å². The Morgan fingerprint density at radius 1 is 0.778 bits per heavy atom. The lowest BCUT2D eigenvalue weighted by atomic mass is 9.86. The molecule has 2 heterocycles. The minimum atomic E-state index is 0.123. The Kier molecular flexibility index (Phi) is 3.35. The maximum absolute atomic E-state index is 6.05. The Labute approximate surface area is 157 Å². The number of hydrogen-bond acceptors (Lipinski definition) is 3. The van der Waals surface area contributed by atoms with E-state index in [0.29, 0.717) is 5.71 Å². The minimum absolute atomic E-state index is 0.123. The fraction of sp³-hybridized carbons (Fsp3) is 0.167. The van der Waals surface area contributed by atoms with Crippen molar-refractivity contribution in [3.63, 3.8) is 0 Å². The Hall–Kier alpha value is -3.20. The monoisotopic (exact) mass is 352 g/mol. The molecule has 3 heteroatoms. The molecule has 3 nitrogen and oxygen atoms in total. The molecular weight excluding hydrogens is 332 g/mol. The van der Waals surface area contributed by atoms with Crippen LogP contribution in [0.5, 0.6) is 0 Å². The number of furan rings is 1. The molecule has 0 radical (unpaired) electrons. The van der Waals surface area contributed by atoms with Crippen LogP contribution in [0.4, 0.5) is 0 Å². The van der Waals surface area contributed by atoms with E-state index in [4.69, 9.17) is 4.42 Å².